The van der Waals surface area contributed by atoms with Crippen LogP contribution in [-0.4, -0.2) is 31.7 Å². The lowest BCUT2D eigenvalue weighted by molar-refractivity contribution is -0.139. The van der Waals surface area contributed by atoms with Crippen molar-refractivity contribution in [1.82, 2.24) is 10.6 Å². The first kappa shape index (κ1) is 15.4. The summed E-state index contributed by atoms with van der Waals surface area (Å²) in [5.41, 5.74) is 1.71. The number of nitrogens with zero attached hydrogens (tertiary/aromatic N) is 1. The molecule has 0 saturated heterocycles. The van der Waals surface area contributed by atoms with Crippen LogP contribution in [0.2, 0.25) is 0 Å². The summed E-state index contributed by atoms with van der Waals surface area (Å²) >= 11 is 0. The Labute approximate surface area is 116 Å². The van der Waals surface area contributed by atoms with Gasteiger partial charge in [-0.3, -0.25) is 4.79 Å². The molecule has 7 heteroatoms. The number of methoxy groups -OCH3 is 1. The second-order valence-corrected chi connectivity index (χ2v) is 3.84. The number of carbonyl (C=O) groups is 2. The summed E-state index contributed by atoms with van der Waals surface area (Å²) in [5, 5.41) is 4.95. The first-order valence-electron chi connectivity index (χ1n) is 5.85. The lowest BCUT2D eigenvalue weighted by Gasteiger charge is -2.07. The lowest BCUT2D eigenvalue weighted by atomic mass is 10.1. The van der Waals surface area contributed by atoms with E-state index in [0.717, 1.165) is 11.1 Å². The third-order valence-corrected chi connectivity index (χ3v) is 2.39. The molecule has 0 bridgehead atoms. The molecular formula is C13H15N3O4. The van der Waals surface area contributed by atoms with Crippen LogP contribution in [0.4, 0.5) is 4.79 Å². The van der Waals surface area contributed by atoms with E-state index in [4.69, 9.17) is 0 Å². The Balaban J connectivity index is 2.42. The van der Waals surface area contributed by atoms with E-state index >= 15 is 0 Å². The number of esters is 1. The summed E-state index contributed by atoms with van der Waals surface area (Å²) in [7, 11) is 1.25. The maximum atomic E-state index is 11.4. The molecule has 0 atom stereocenters. The fourth-order valence-corrected chi connectivity index (χ4v) is 1.43. The number of urea groups is 1. The Morgan fingerprint density at radius 1 is 1.30 bits per heavy atom. The minimum atomic E-state index is -0.520. The third-order valence-electron chi connectivity index (χ3n) is 2.39. The smallest absolute Gasteiger partial charge is 0.325 e. The summed E-state index contributed by atoms with van der Waals surface area (Å²) in [6.45, 7) is 0.369. The highest BCUT2D eigenvalue weighted by Gasteiger charge is 2.04. The van der Waals surface area contributed by atoms with Crippen LogP contribution >= 0.6 is 0 Å². The highest BCUT2D eigenvalue weighted by atomic mass is 16.5. The number of hydrogen-bond donors (Lipinski definition) is 2. The molecule has 1 aromatic rings. The van der Waals surface area contributed by atoms with Crippen LogP contribution in [0.15, 0.2) is 29.3 Å². The van der Waals surface area contributed by atoms with E-state index in [0.29, 0.717) is 6.54 Å². The van der Waals surface area contributed by atoms with Crippen molar-refractivity contribution in [2.24, 2.45) is 4.99 Å². The normalized spacial score (nSPS) is 9.25. The summed E-state index contributed by atoms with van der Waals surface area (Å²) in [6.07, 6.45) is 1.47. The molecule has 2 N–H and O–H groups in total. The van der Waals surface area contributed by atoms with Gasteiger partial charge in [-0.1, -0.05) is 24.3 Å². The van der Waals surface area contributed by atoms with Gasteiger partial charge in [0.1, 0.15) is 6.54 Å². The number of hydrogen-bond acceptors (Lipinski definition) is 5. The van der Waals surface area contributed by atoms with Crippen LogP contribution in [0.25, 0.3) is 0 Å². The number of nitrogens with one attached hydrogen (secondary N) is 2. The van der Waals surface area contributed by atoms with Crippen LogP contribution < -0.4 is 10.6 Å². The molecule has 0 fully saturated rings. The highest BCUT2D eigenvalue weighted by Crippen LogP contribution is 2.06. The third kappa shape index (κ3) is 5.79. The van der Waals surface area contributed by atoms with Gasteiger partial charge < -0.3 is 15.4 Å². The van der Waals surface area contributed by atoms with Crippen molar-refractivity contribution in [3.63, 3.8) is 0 Å². The van der Waals surface area contributed by atoms with Crippen LogP contribution in [-0.2, 0) is 27.4 Å². The van der Waals surface area contributed by atoms with Gasteiger partial charge in [-0.15, -0.1) is 0 Å². The number of aliphatic imine (C=N–C) groups is 1. The van der Waals surface area contributed by atoms with Crippen LogP contribution in [0.5, 0.6) is 0 Å². The molecule has 1 aromatic carbocycles. The van der Waals surface area contributed by atoms with Gasteiger partial charge in [0.25, 0.3) is 0 Å². The van der Waals surface area contributed by atoms with Gasteiger partial charge in [-0.05, 0) is 11.1 Å². The highest BCUT2D eigenvalue weighted by molar-refractivity contribution is 5.80. The van der Waals surface area contributed by atoms with Gasteiger partial charge in [0.15, 0.2) is 0 Å². The van der Waals surface area contributed by atoms with E-state index in [9.17, 15) is 14.4 Å². The molecule has 1 rings (SSSR count). The van der Waals surface area contributed by atoms with E-state index < -0.39 is 12.0 Å². The number of isocyanates is 1. The maximum Gasteiger partial charge on any atom is 0.325 e. The Bertz CT molecular complexity index is 524. The van der Waals surface area contributed by atoms with Crippen LogP contribution in [0, 0.1) is 0 Å². The molecule has 7 nitrogen and oxygen atoms in total. The Hall–Kier alpha value is -2.66. The van der Waals surface area contributed by atoms with Gasteiger partial charge >= 0.3 is 12.0 Å². The maximum absolute atomic E-state index is 11.4. The van der Waals surface area contributed by atoms with Crippen molar-refractivity contribution in [3.8, 4) is 0 Å². The molecule has 0 aliphatic rings. The molecule has 106 valence electrons. The molecule has 0 saturated carbocycles. The predicted octanol–water partition coefficient (Wildman–Crippen LogP) is 0.495. The van der Waals surface area contributed by atoms with E-state index in [1.165, 1.54) is 13.2 Å². The topological polar surface area (TPSA) is 96.9 Å². The average molecular weight is 277 g/mol. The standard InChI is InChI=1S/C13H15N3O4/c1-20-12(18)8-16-13(19)15-7-11-4-2-3-10(5-11)6-14-9-17/h2-5H,6-8H2,1H3,(H2,15,16,19). The molecule has 0 unspecified atom stereocenters. The van der Waals surface area contributed by atoms with Crippen molar-refractivity contribution in [1.29, 1.82) is 0 Å². The minimum absolute atomic E-state index is 0.184. The van der Waals surface area contributed by atoms with Crippen molar-refractivity contribution < 1.29 is 19.1 Å². The van der Waals surface area contributed by atoms with Gasteiger partial charge in [0, 0.05) is 6.54 Å². The minimum Gasteiger partial charge on any atom is -0.468 e. The zero-order valence-electron chi connectivity index (χ0n) is 11.0. The summed E-state index contributed by atoms with van der Waals surface area (Å²) in [5.74, 6) is -0.520. The first-order valence-corrected chi connectivity index (χ1v) is 5.85. The molecule has 0 heterocycles. The molecule has 0 aliphatic carbocycles. The Kier molecular flexibility index (Phi) is 6.50. The molecule has 0 aliphatic heterocycles. The molecule has 0 spiro atoms. The summed E-state index contributed by atoms with van der Waals surface area (Å²) < 4.78 is 4.39. The van der Waals surface area contributed by atoms with E-state index in [-0.39, 0.29) is 13.1 Å². The predicted molar refractivity (Wildman–Crippen MR) is 70.5 cm³/mol. The zero-order chi connectivity index (χ0) is 14.8. The second kappa shape index (κ2) is 8.44. The first-order chi connectivity index (χ1) is 9.65. The Morgan fingerprint density at radius 3 is 2.75 bits per heavy atom. The van der Waals surface area contributed by atoms with Gasteiger partial charge in [0.2, 0.25) is 6.08 Å². The number of carbonyl (C=O) groups excluding carboxylic acids is 3. The molecule has 20 heavy (non-hydrogen) atoms. The summed E-state index contributed by atoms with van der Waals surface area (Å²) in [6, 6.07) is 6.81. The van der Waals surface area contributed by atoms with Crippen molar-refractivity contribution in [2.45, 2.75) is 13.1 Å². The molecule has 2 amide bonds. The van der Waals surface area contributed by atoms with Gasteiger partial charge in [0.05, 0.1) is 13.7 Å². The fraction of sp³-hybridized carbons (Fsp3) is 0.308. The SMILES string of the molecule is COC(=O)CNC(=O)NCc1cccc(CN=C=O)c1. The second-order valence-electron chi connectivity index (χ2n) is 3.84. The number of ether oxygens (including phenoxy) is 1. The fourth-order valence-electron chi connectivity index (χ4n) is 1.43. The molecule has 0 aromatic heterocycles. The van der Waals surface area contributed by atoms with Crippen molar-refractivity contribution in [2.75, 3.05) is 13.7 Å². The Morgan fingerprint density at radius 2 is 2.05 bits per heavy atom. The monoisotopic (exact) mass is 277 g/mol. The number of rotatable bonds is 6. The van der Waals surface area contributed by atoms with E-state index in [1.54, 1.807) is 6.07 Å². The van der Waals surface area contributed by atoms with E-state index in [2.05, 4.69) is 20.4 Å². The molecule has 0 radical (unpaired) electrons. The lowest BCUT2D eigenvalue weighted by Crippen LogP contribution is -2.38. The van der Waals surface area contributed by atoms with Gasteiger partial charge in [-0.2, -0.15) is 0 Å². The van der Waals surface area contributed by atoms with Gasteiger partial charge in [-0.25, -0.2) is 14.6 Å². The van der Waals surface area contributed by atoms with Crippen LogP contribution in [0.3, 0.4) is 0 Å². The van der Waals surface area contributed by atoms with Crippen molar-refractivity contribution in [3.05, 3.63) is 35.4 Å². The zero-order valence-corrected chi connectivity index (χ0v) is 11.0. The van der Waals surface area contributed by atoms with Crippen molar-refractivity contribution >= 4 is 18.1 Å². The number of benzene rings is 1. The average Bonchev–Trinajstić information content (AvgIpc) is 2.48. The summed E-state index contributed by atoms with van der Waals surface area (Å²) in [4.78, 5) is 35.7. The quantitative estimate of drug-likeness (QED) is 0.449. The van der Waals surface area contributed by atoms with Crippen LogP contribution in [0.1, 0.15) is 11.1 Å². The largest absolute Gasteiger partial charge is 0.468 e. The number of amides is 2. The van der Waals surface area contributed by atoms with E-state index in [1.807, 2.05) is 18.2 Å². The molecular weight excluding hydrogens is 262 g/mol.